The predicted molar refractivity (Wildman–Crippen MR) is 59.7 cm³/mol. The second-order valence-corrected chi connectivity index (χ2v) is 5.46. The van der Waals surface area contributed by atoms with E-state index >= 15 is 0 Å². The van der Waals surface area contributed by atoms with E-state index in [1.54, 1.807) is 27.7 Å². The van der Waals surface area contributed by atoms with Crippen LogP contribution < -0.4 is 0 Å². The van der Waals surface area contributed by atoms with Crippen LogP contribution in [0.15, 0.2) is 0 Å². The first kappa shape index (κ1) is 13.8. The molecule has 1 aliphatic heterocycles. The molecule has 0 aliphatic carbocycles. The molecular formula is C11H19NO5. The predicted octanol–water partition coefficient (Wildman–Crippen LogP) is 1.60. The summed E-state index contributed by atoms with van der Waals surface area (Å²) in [4.78, 5) is 23.4. The minimum absolute atomic E-state index is 0.232. The summed E-state index contributed by atoms with van der Waals surface area (Å²) in [6.45, 7) is 6.72. The van der Waals surface area contributed by atoms with Crippen LogP contribution in [0.5, 0.6) is 0 Å². The monoisotopic (exact) mass is 245 g/mol. The number of hydrogen-bond donors (Lipinski definition) is 2. The molecular weight excluding hydrogens is 226 g/mol. The molecule has 1 saturated heterocycles. The van der Waals surface area contributed by atoms with Crippen molar-refractivity contribution in [1.82, 2.24) is 4.90 Å². The van der Waals surface area contributed by atoms with Gasteiger partial charge < -0.3 is 14.9 Å². The van der Waals surface area contributed by atoms with E-state index in [4.69, 9.17) is 14.9 Å². The fourth-order valence-electron chi connectivity index (χ4n) is 2.10. The van der Waals surface area contributed by atoms with Gasteiger partial charge in [0.25, 0.3) is 0 Å². The Hall–Kier alpha value is -1.30. The normalized spacial score (nSPS) is 23.8. The molecule has 0 aromatic heterocycles. The molecule has 0 unspecified atom stereocenters. The van der Waals surface area contributed by atoms with Gasteiger partial charge in [0.1, 0.15) is 5.72 Å². The molecule has 1 aliphatic rings. The Bertz CT molecular complexity index is 337. The van der Waals surface area contributed by atoms with Gasteiger partial charge in [-0.15, -0.1) is 0 Å². The Labute approximate surface area is 100 Å². The van der Waals surface area contributed by atoms with Crippen molar-refractivity contribution in [3.8, 4) is 0 Å². The van der Waals surface area contributed by atoms with Gasteiger partial charge in [-0.1, -0.05) is 0 Å². The Morgan fingerprint density at radius 2 is 1.94 bits per heavy atom. The minimum atomic E-state index is -1.08. The molecule has 1 rings (SSSR count). The maximum absolute atomic E-state index is 11.2. The van der Waals surface area contributed by atoms with Crippen molar-refractivity contribution in [1.29, 1.82) is 0 Å². The van der Waals surface area contributed by atoms with Gasteiger partial charge in [0.05, 0.1) is 18.1 Å². The minimum Gasteiger partial charge on any atom is -0.481 e. The first-order valence-electron chi connectivity index (χ1n) is 5.47. The van der Waals surface area contributed by atoms with Crippen LogP contribution in [0.3, 0.4) is 0 Å². The molecule has 1 atom stereocenters. The second kappa shape index (κ2) is 4.18. The quantitative estimate of drug-likeness (QED) is 0.788. The molecule has 1 amide bonds. The molecule has 0 aromatic rings. The lowest BCUT2D eigenvalue weighted by Crippen LogP contribution is -2.48. The molecule has 0 spiro atoms. The van der Waals surface area contributed by atoms with Crippen molar-refractivity contribution in [2.24, 2.45) is 5.41 Å². The number of carboxylic acid groups (broad SMARTS) is 2. The van der Waals surface area contributed by atoms with E-state index in [2.05, 4.69) is 0 Å². The molecule has 17 heavy (non-hydrogen) atoms. The third kappa shape index (κ3) is 2.69. The van der Waals surface area contributed by atoms with Gasteiger partial charge in [0.15, 0.2) is 0 Å². The third-order valence-electron chi connectivity index (χ3n) is 3.11. The Kier molecular flexibility index (Phi) is 3.38. The molecule has 0 aromatic carbocycles. The van der Waals surface area contributed by atoms with Crippen molar-refractivity contribution >= 4 is 12.1 Å². The van der Waals surface area contributed by atoms with Gasteiger partial charge in [-0.3, -0.25) is 9.69 Å². The van der Waals surface area contributed by atoms with Crippen molar-refractivity contribution in [2.75, 3.05) is 6.61 Å². The fourth-order valence-corrected chi connectivity index (χ4v) is 2.10. The lowest BCUT2D eigenvalue weighted by atomic mass is 9.85. The van der Waals surface area contributed by atoms with Crippen LogP contribution in [0.25, 0.3) is 0 Å². The van der Waals surface area contributed by atoms with Crippen LogP contribution in [-0.4, -0.2) is 45.5 Å². The van der Waals surface area contributed by atoms with Gasteiger partial charge in [0.2, 0.25) is 0 Å². The summed E-state index contributed by atoms with van der Waals surface area (Å²) in [5.74, 6) is -0.937. The number of carboxylic acids is 1. The smallest absolute Gasteiger partial charge is 0.409 e. The van der Waals surface area contributed by atoms with Gasteiger partial charge >= 0.3 is 12.1 Å². The standard InChI is InChI=1S/C11H19NO5/c1-10(2,8(13)14)5-7-6-17-11(3,4)12(7)9(15)16/h7H,5-6H2,1-4H3,(H,13,14)(H,15,16)/t7-/m0/s1. The van der Waals surface area contributed by atoms with E-state index < -0.39 is 29.2 Å². The zero-order valence-electron chi connectivity index (χ0n) is 10.6. The van der Waals surface area contributed by atoms with Gasteiger partial charge in [0, 0.05) is 0 Å². The molecule has 0 saturated carbocycles. The number of aliphatic carboxylic acids is 1. The first-order chi connectivity index (χ1) is 7.58. The lowest BCUT2D eigenvalue weighted by molar-refractivity contribution is -0.148. The Morgan fingerprint density at radius 1 is 1.41 bits per heavy atom. The highest BCUT2D eigenvalue weighted by molar-refractivity contribution is 5.74. The SMILES string of the molecule is CC(C)(C[C@H]1COC(C)(C)N1C(=O)O)C(=O)O. The molecule has 1 fully saturated rings. The summed E-state index contributed by atoms with van der Waals surface area (Å²) in [7, 11) is 0. The summed E-state index contributed by atoms with van der Waals surface area (Å²) in [6, 6.07) is -0.423. The summed E-state index contributed by atoms with van der Waals surface area (Å²) in [5.41, 5.74) is -1.87. The average Bonchev–Trinajstić information content (AvgIpc) is 2.40. The zero-order valence-corrected chi connectivity index (χ0v) is 10.6. The van der Waals surface area contributed by atoms with Crippen LogP contribution in [0.1, 0.15) is 34.1 Å². The maximum Gasteiger partial charge on any atom is 0.409 e. The van der Waals surface area contributed by atoms with Crippen LogP contribution in [0, 0.1) is 5.41 Å². The van der Waals surface area contributed by atoms with Crippen LogP contribution in [-0.2, 0) is 9.53 Å². The van der Waals surface area contributed by atoms with E-state index in [1.807, 2.05) is 0 Å². The maximum atomic E-state index is 11.2. The van der Waals surface area contributed by atoms with Crippen LogP contribution in [0.4, 0.5) is 4.79 Å². The van der Waals surface area contributed by atoms with E-state index in [0.29, 0.717) is 0 Å². The van der Waals surface area contributed by atoms with Crippen molar-refractivity contribution in [2.45, 2.75) is 45.9 Å². The van der Waals surface area contributed by atoms with Gasteiger partial charge in [-0.25, -0.2) is 4.79 Å². The van der Waals surface area contributed by atoms with Crippen molar-refractivity contribution in [3.63, 3.8) is 0 Å². The molecule has 6 heteroatoms. The first-order valence-corrected chi connectivity index (χ1v) is 5.47. The highest BCUT2D eigenvalue weighted by Gasteiger charge is 2.46. The molecule has 1 heterocycles. The number of nitrogens with zero attached hydrogens (tertiary/aromatic N) is 1. The highest BCUT2D eigenvalue weighted by Crippen LogP contribution is 2.34. The van der Waals surface area contributed by atoms with E-state index in [-0.39, 0.29) is 13.0 Å². The number of amides is 1. The Balaban J connectivity index is 2.86. The number of ether oxygens (including phenoxy) is 1. The van der Waals surface area contributed by atoms with Crippen LogP contribution in [0.2, 0.25) is 0 Å². The molecule has 6 nitrogen and oxygen atoms in total. The number of hydrogen-bond acceptors (Lipinski definition) is 3. The lowest BCUT2D eigenvalue weighted by Gasteiger charge is -2.33. The van der Waals surface area contributed by atoms with Crippen molar-refractivity contribution < 1.29 is 24.5 Å². The molecule has 98 valence electrons. The molecule has 0 bridgehead atoms. The zero-order chi connectivity index (χ0) is 13.4. The van der Waals surface area contributed by atoms with Gasteiger partial charge in [-0.05, 0) is 34.1 Å². The number of rotatable bonds is 3. The molecule has 2 N–H and O–H groups in total. The van der Waals surface area contributed by atoms with Gasteiger partial charge in [-0.2, -0.15) is 0 Å². The highest BCUT2D eigenvalue weighted by atomic mass is 16.5. The average molecular weight is 245 g/mol. The number of carbonyl (C=O) groups is 2. The summed E-state index contributed by atoms with van der Waals surface area (Å²) in [6.07, 6.45) is -0.850. The molecule has 0 radical (unpaired) electrons. The van der Waals surface area contributed by atoms with Crippen LogP contribution >= 0.6 is 0 Å². The van der Waals surface area contributed by atoms with E-state index in [0.717, 1.165) is 0 Å². The Morgan fingerprint density at radius 3 is 2.35 bits per heavy atom. The van der Waals surface area contributed by atoms with E-state index in [9.17, 15) is 9.59 Å². The summed E-state index contributed by atoms with van der Waals surface area (Å²) < 4.78 is 5.40. The van der Waals surface area contributed by atoms with E-state index in [1.165, 1.54) is 4.90 Å². The topological polar surface area (TPSA) is 87.1 Å². The fraction of sp³-hybridized carbons (Fsp3) is 0.818. The second-order valence-electron chi connectivity index (χ2n) is 5.46. The third-order valence-corrected chi connectivity index (χ3v) is 3.11. The summed E-state index contributed by atoms with van der Waals surface area (Å²) in [5, 5.41) is 18.2. The summed E-state index contributed by atoms with van der Waals surface area (Å²) >= 11 is 0. The largest absolute Gasteiger partial charge is 0.481 e. The van der Waals surface area contributed by atoms with Crippen molar-refractivity contribution in [3.05, 3.63) is 0 Å².